The molecule has 2 aromatic rings. The standard InChI is InChI=1S/C12H11NOS/c14-10-5-3-9(4-6-10)12-13-7-11(15-12)8-1-2-8/h3-8,14H,1-2H2. The van der Waals surface area contributed by atoms with Crippen LogP contribution in [0.4, 0.5) is 0 Å². The van der Waals surface area contributed by atoms with E-state index in [9.17, 15) is 5.11 Å². The van der Waals surface area contributed by atoms with Gasteiger partial charge in [0.2, 0.25) is 0 Å². The Morgan fingerprint density at radius 1 is 1.20 bits per heavy atom. The van der Waals surface area contributed by atoms with E-state index in [1.54, 1.807) is 23.5 Å². The van der Waals surface area contributed by atoms with E-state index in [-0.39, 0.29) is 0 Å². The van der Waals surface area contributed by atoms with Crippen molar-refractivity contribution in [3.05, 3.63) is 35.3 Å². The van der Waals surface area contributed by atoms with Crippen LogP contribution in [0.15, 0.2) is 30.5 Å². The summed E-state index contributed by atoms with van der Waals surface area (Å²) in [6.07, 6.45) is 4.62. The second-order valence-corrected chi connectivity index (χ2v) is 4.95. The molecule has 1 aliphatic carbocycles. The lowest BCUT2D eigenvalue weighted by Crippen LogP contribution is -1.73. The molecule has 0 saturated heterocycles. The highest BCUT2D eigenvalue weighted by Gasteiger charge is 2.25. The summed E-state index contributed by atoms with van der Waals surface area (Å²) in [4.78, 5) is 5.82. The van der Waals surface area contributed by atoms with Crippen LogP contribution >= 0.6 is 11.3 Å². The average Bonchev–Trinajstić information content (AvgIpc) is 2.99. The van der Waals surface area contributed by atoms with E-state index in [2.05, 4.69) is 4.98 Å². The minimum atomic E-state index is 0.303. The smallest absolute Gasteiger partial charge is 0.123 e. The van der Waals surface area contributed by atoms with Gasteiger partial charge in [0.15, 0.2) is 0 Å². The molecule has 1 heterocycles. The molecule has 76 valence electrons. The lowest BCUT2D eigenvalue weighted by atomic mass is 10.2. The number of thiazole rings is 1. The molecule has 0 amide bonds. The van der Waals surface area contributed by atoms with Gasteiger partial charge in [0.05, 0.1) is 0 Å². The van der Waals surface area contributed by atoms with E-state index in [0.717, 1.165) is 16.5 Å². The van der Waals surface area contributed by atoms with Gasteiger partial charge >= 0.3 is 0 Å². The third kappa shape index (κ3) is 1.75. The van der Waals surface area contributed by atoms with Crippen molar-refractivity contribution in [1.82, 2.24) is 4.98 Å². The molecule has 1 fully saturated rings. The van der Waals surface area contributed by atoms with E-state index in [1.165, 1.54) is 17.7 Å². The van der Waals surface area contributed by atoms with Crippen LogP contribution in [-0.2, 0) is 0 Å². The van der Waals surface area contributed by atoms with Gasteiger partial charge in [0.25, 0.3) is 0 Å². The zero-order valence-corrected chi connectivity index (χ0v) is 9.00. The molecule has 1 saturated carbocycles. The van der Waals surface area contributed by atoms with Gasteiger partial charge in [0.1, 0.15) is 10.8 Å². The van der Waals surface area contributed by atoms with Crippen molar-refractivity contribution >= 4 is 11.3 Å². The van der Waals surface area contributed by atoms with Crippen LogP contribution in [0.1, 0.15) is 23.6 Å². The number of hydrogen-bond acceptors (Lipinski definition) is 3. The van der Waals surface area contributed by atoms with E-state index < -0.39 is 0 Å². The van der Waals surface area contributed by atoms with Crippen LogP contribution in [0.25, 0.3) is 10.6 Å². The maximum atomic E-state index is 9.19. The van der Waals surface area contributed by atoms with Crippen molar-refractivity contribution in [3.63, 3.8) is 0 Å². The number of nitrogens with zero attached hydrogens (tertiary/aromatic N) is 1. The minimum absolute atomic E-state index is 0.303. The molecular weight excluding hydrogens is 206 g/mol. The zero-order valence-electron chi connectivity index (χ0n) is 8.18. The SMILES string of the molecule is Oc1ccc(-c2ncc(C3CC3)s2)cc1. The maximum Gasteiger partial charge on any atom is 0.123 e. The van der Waals surface area contributed by atoms with Crippen molar-refractivity contribution < 1.29 is 5.11 Å². The summed E-state index contributed by atoms with van der Waals surface area (Å²) < 4.78 is 0. The lowest BCUT2D eigenvalue weighted by molar-refractivity contribution is 0.475. The predicted octanol–water partition coefficient (Wildman–Crippen LogP) is 3.39. The minimum Gasteiger partial charge on any atom is -0.508 e. The molecule has 3 heteroatoms. The van der Waals surface area contributed by atoms with Gasteiger partial charge in [-0.25, -0.2) is 4.98 Å². The second-order valence-electron chi connectivity index (χ2n) is 3.89. The Labute approximate surface area is 92.2 Å². The van der Waals surface area contributed by atoms with Gasteiger partial charge in [-0.3, -0.25) is 0 Å². The molecule has 15 heavy (non-hydrogen) atoms. The van der Waals surface area contributed by atoms with Crippen LogP contribution in [0.2, 0.25) is 0 Å². The summed E-state index contributed by atoms with van der Waals surface area (Å²) in [7, 11) is 0. The van der Waals surface area contributed by atoms with Crippen LogP contribution in [0.3, 0.4) is 0 Å². The van der Waals surface area contributed by atoms with Gasteiger partial charge in [-0.1, -0.05) is 0 Å². The molecule has 1 N–H and O–H groups in total. The number of hydrogen-bond donors (Lipinski definition) is 1. The third-order valence-corrected chi connectivity index (χ3v) is 3.83. The quantitative estimate of drug-likeness (QED) is 0.836. The number of aromatic nitrogens is 1. The van der Waals surface area contributed by atoms with Crippen molar-refractivity contribution in [2.75, 3.05) is 0 Å². The Balaban J connectivity index is 1.93. The number of rotatable bonds is 2. The molecule has 1 aromatic carbocycles. The second kappa shape index (κ2) is 3.35. The normalized spacial score (nSPS) is 15.5. The molecular formula is C12H11NOS. The fraction of sp³-hybridized carbons (Fsp3) is 0.250. The van der Waals surface area contributed by atoms with E-state index in [1.807, 2.05) is 18.3 Å². The Hall–Kier alpha value is -1.35. The van der Waals surface area contributed by atoms with Crippen LogP contribution in [0, 0.1) is 0 Å². The van der Waals surface area contributed by atoms with Crippen molar-refractivity contribution in [1.29, 1.82) is 0 Å². The van der Waals surface area contributed by atoms with Crippen LogP contribution in [-0.4, -0.2) is 10.1 Å². The highest BCUT2D eigenvalue weighted by Crippen LogP contribution is 2.44. The van der Waals surface area contributed by atoms with Crippen molar-refractivity contribution in [2.24, 2.45) is 0 Å². The molecule has 3 rings (SSSR count). The Kier molecular flexibility index (Phi) is 1.99. The maximum absolute atomic E-state index is 9.19. The van der Waals surface area contributed by atoms with Gasteiger partial charge in [-0.2, -0.15) is 0 Å². The Bertz CT molecular complexity index is 471. The average molecular weight is 217 g/mol. The summed E-state index contributed by atoms with van der Waals surface area (Å²) in [5.74, 6) is 1.08. The van der Waals surface area contributed by atoms with E-state index in [0.29, 0.717) is 5.75 Å². The molecule has 0 bridgehead atoms. The van der Waals surface area contributed by atoms with E-state index in [4.69, 9.17) is 0 Å². The Morgan fingerprint density at radius 2 is 1.93 bits per heavy atom. The third-order valence-electron chi connectivity index (χ3n) is 2.62. The zero-order chi connectivity index (χ0) is 10.3. The highest BCUT2D eigenvalue weighted by atomic mass is 32.1. The lowest BCUT2D eigenvalue weighted by Gasteiger charge is -1.95. The Morgan fingerprint density at radius 3 is 2.60 bits per heavy atom. The first-order valence-corrected chi connectivity index (χ1v) is 5.90. The number of aromatic hydroxyl groups is 1. The fourth-order valence-electron chi connectivity index (χ4n) is 1.58. The number of phenols is 1. The molecule has 0 spiro atoms. The van der Waals surface area contributed by atoms with E-state index >= 15 is 0 Å². The first-order chi connectivity index (χ1) is 7.33. The largest absolute Gasteiger partial charge is 0.508 e. The first kappa shape index (κ1) is 8.92. The van der Waals surface area contributed by atoms with Crippen molar-refractivity contribution in [3.8, 4) is 16.3 Å². The van der Waals surface area contributed by atoms with Gasteiger partial charge < -0.3 is 5.11 Å². The topological polar surface area (TPSA) is 33.1 Å². The summed E-state index contributed by atoms with van der Waals surface area (Å²) in [6, 6.07) is 7.22. The van der Waals surface area contributed by atoms with Crippen LogP contribution in [0.5, 0.6) is 5.75 Å². The summed E-state index contributed by atoms with van der Waals surface area (Å²) >= 11 is 1.77. The summed E-state index contributed by atoms with van der Waals surface area (Å²) in [5.41, 5.74) is 1.09. The first-order valence-electron chi connectivity index (χ1n) is 5.08. The molecule has 1 aromatic heterocycles. The van der Waals surface area contributed by atoms with Crippen molar-refractivity contribution in [2.45, 2.75) is 18.8 Å². The molecule has 0 atom stereocenters. The molecule has 0 unspecified atom stereocenters. The van der Waals surface area contributed by atoms with Crippen LogP contribution < -0.4 is 0 Å². The van der Waals surface area contributed by atoms with Gasteiger partial charge in [0, 0.05) is 16.6 Å². The number of benzene rings is 1. The molecule has 0 radical (unpaired) electrons. The highest BCUT2D eigenvalue weighted by molar-refractivity contribution is 7.15. The summed E-state index contributed by atoms with van der Waals surface area (Å²) in [5, 5.41) is 10.2. The molecule has 1 aliphatic rings. The molecule has 0 aliphatic heterocycles. The fourth-order valence-corrected chi connectivity index (χ4v) is 2.67. The predicted molar refractivity (Wildman–Crippen MR) is 61.2 cm³/mol. The molecule has 2 nitrogen and oxygen atoms in total. The van der Waals surface area contributed by atoms with Gasteiger partial charge in [-0.05, 0) is 43.0 Å². The van der Waals surface area contributed by atoms with Gasteiger partial charge in [-0.15, -0.1) is 11.3 Å². The number of phenolic OH excluding ortho intramolecular Hbond substituents is 1. The summed E-state index contributed by atoms with van der Waals surface area (Å²) in [6.45, 7) is 0. The monoisotopic (exact) mass is 217 g/mol.